The largest absolute Gasteiger partial charge is 0.508 e. The Hall–Kier alpha value is -4.31. The van der Waals surface area contributed by atoms with Gasteiger partial charge in [0.25, 0.3) is 5.78 Å². The van der Waals surface area contributed by atoms with Crippen molar-refractivity contribution in [3.05, 3.63) is 88.5 Å². The number of benzene rings is 3. The zero-order chi connectivity index (χ0) is 28.0. The van der Waals surface area contributed by atoms with Gasteiger partial charge in [0, 0.05) is 11.6 Å². The van der Waals surface area contributed by atoms with Crippen LogP contribution in [0, 0.1) is 11.6 Å². The number of hydrogen-bond donors (Lipinski definition) is 2. The Balaban J connectivity index is 1.71. The molecule has 3 aromatic carbocycles. The van der Waals surface area contributed by atoms with E-state index in [9.17, 15) is 28.6 Å². The Kier molecular flexibility index (Phi) is 6.82. The van der Waals surface area contributed by atoms with Crippen molar-refractivity contribution >= 4 is 44.1 Å². The molecule has 2 heterocycles. The normalized spacial score (nSPS) is 17.0. The lowest BCUT2D eigenvalue weighted by Crippen LogP contribution is -2.29. The Morgan fingerprint density at radius 2 is 1.77 bits per heavy atom. The van der Waals surface area contributed by atoms with Gasteiger partial charge in [0.15, 0.2) is 16.8 Å². The molecule has 0 radical (unpaired) electrons. The van der Waals surface area contributed by atoms with E-state index in [4.69, 9.17) is 4.74 Å². The lowest BCUT2D eigenvalue weighted by atomic mass is 9.93. The number of hydrogen-bond acceptors (Lipinski definition) is 7. The Bertz CT molecular complexity index is 1610. The summed E-state index contributed by atoms with van der Waals surface area (Å²) in [6, 6.07) is 11.7. The van der Waals surface area contributed by atoms with Crippen molar-refractivity contribution in [1.82, 2.24) is 4.98 Å². The number of aliphatic hydroxyl groups excluding tert-OH is 1. The van der Waals surface area contributed by atoms with Gasteiger partial charge in [-0.3, -0.25) is 14.5 Å². The number of carbonyl (C=O) groups excluding carboxylic acids is 2. The molecule has 7 nitrogen and oxygen atoms in total. The van der Waals surface area contributed by atoms with Gasteiger partial charge in [-0.15, -0.1) is 0 Å². The predicted octanol–water partition coefficient (Wildman–Crippen LogP) is 6.43. The van der Waals surface area contributed by atoms with Gasteiger partial charge >= 0.3 is 5.91 Å². The molecule has 39 heavy (non-hydrogen) atoms. The number of aromatic nitrogens is 1. The van der Waals surface area contributed by atoms with Gasteiger partial charge in [-0.1, -0.05) is 37.3 Å². The van der Waals surface area contributed by atoms with Gasteiger partial charge in [0.2, 0.25) is 0 Å². The number of carbonyl (C=O) groups is 2. The second-order valence-electron chi connectivity index (χ2n) is 9.33. The third-order valence-corrected chi connectivity index (χ3v) is 7.50. The lowest BCUT2D eigenvalue weighted by molar-refractivity contribution is -0.132. The zero-order valence-electron chi connectivity index (χ0n) is 21.2. The van der Waals surface area contributed by atoms with Crippen LogP contribution in [-0.2, 0) is 9.59 Å². The second kappa shape index (κ2) is 10.1. The molecule has 1 saturated heterocycles. The van der Waals surface area contributed by atoms with Crippen LogP contribution in [0.15, 0.2) is 60.2 Å². The molecule has 1 unspecified atom stereocenters. The van der Waals surface area contributed by atoms with Crippen LogP contribution in [0.25, 0.3) is 16.0 Å². The predicted molar refractivity (Wildman–Crippen MR) is 144 cm³/mol. The summed E-state index contributed by atoms with van der Waals surface area (Å²) in [5, 5.41) is 21.3. The number of ether oxygens (including phenoxy) is 1. The van der Waals surface area contributed by atoms with E-state index in [-0.39, 0.29) is 32.6 Å². The number of ketones is 1. The first-order chi connectivity index (χ1) is 18.6. The summed E-state index contributed by atoms with van der Waals surface area (Å²) in [7, 11) is 0. The van der Waals surface area contributed by atoms with Crippen LogP contribution in [-0.4, -0.2) is 33.5 Å². The van der Waals surface area contributed by atoms with Crippen molar-refractivity contribution in [1.29, 1.82) is 0 Å². The summed E-state index contributed by atoms with van der Waals surface area (Å²) in [6.07, 6.45) is 0. The molecule has 5 rings (SSSR count). The average molecular weight is 551 g/mol. The summed E-state index contributed by atoms with van der Waals surface area (Å²) in [5.74, 6) is -3.79. The van der Waals surface area contributed by atoms with Gasteiger partial charge in [0.1, 0.15) is 17.3 Å². The van der Waals surface area contributed by atoms with Gasteiger partial charge in [-0.05, 0) is 60.4 Å². The molecule has 2 N–H and O–H groups in total. The van der Waals surface area contributed by atoms with Gasteiger partial charge < -0.3 is 14.9 Å². The molecule has 1 aliphatic heterocycles. The zero-order valence-corrected chi connectivity index (χ0v) is 22.1. The molecule has 1 aliphatic rings. The molecule has 0 spiro atoms. The number of amides is 1. The van der Waals surface area contributed by atoms with Crippen molar-refractivity contribution in [2.45, 2.75) is 32.7 Å². The van der Waals surface area contributed by atoms with E-state index in [1.165, 1.54) is 24.3 Å². The number of Topliss-reactive ketones (excluding diaryl/α,β-unsaturated/α-hetero) is 1. The molecule has 0 bridgehead atoms. The number of thiazole rings is 1. The topological polar surface area (TPSA) is 100.0 Å². The molecule has 1 amide bonds. The number of anilines is 1. The number of phenols is 1. The average Bonchev–Trinajstić information content (AvgIpc) is 3.42. The molecule has 1 fully saturated rings. The van der Waals surface area contributed by atoms with Crippen LogP contribution < -0.4 is 9.64 Å². The van der Waals surface area contributed by atoms with E-state index < -0.39 is 35.1 Å². The van der Waals surface area contributed by atoms with Crippen LogP contribution in [0.3, 0.4) is 0 Å². The quantitative estimate of drug-likeness (QED) is 0.163. The number of rotatable bonds is 6. The summed E-state index contributed by atoms with van der Waals surface area (Å²) < 4.78 is 33.7. The van der Waals surface area contributed by atoms with Crippen molar-refractivity contribution in [3.63, 3.8) is 0 Å². The molecule has 4 aromatic rings. The van der Waals surface area contributed by atoms with Crippen molar-refractivity contribution in [3.8, 4) is 11.5 Å². The lowest BCUT2D eigenvalue weighted by Gasteiger charge is -2.23. The van der Waals surface area contributed by atoms with Crippen molar-refractivity contribution < 1.29 is 33.3 Å². The van der Waals surface area contributed by atoms with Crippen molar-refractivity contribution in [2.75, 3.05) is 11.5 Å². The van der Waals surface area contributed by atoms with E-state index in [1.54, 1.807) is 18.2 Å². The fraction of sp³-hybridized carbons (Fsp3) is 0.207. The summed E-state index contributed by atoms with van der Waals surface area (Å²) in [6.45, 7) is 6.25. The van der Waals surface area contributed by atoms with Crippen molar-refractivity contribution in [2.24, 2.45) is 0 Å². The minimum atomic E-state index is -1.12. The monoisotopic (exact) mass is 550 g/mol. The summed E-state index contributed by atoms with van der Waals surface area (Å²) >= 11 is 0.913. The van der Waals surface area contributed by atoms with Gasteiger partial charge in [-0.2, -0.15) is 0 Å². The highest BCUT2D eigenvalue weighted by Crippen LogP contribution is 2.45. The standard InChI is InChI=1S/C29H24F2N2O5S/c1-4-38-22-10-7-16(11-18(22)14(2)3)26(35)24-25(15-5-8-17(34)9-6-15)33(28(37)27(24)36)29-32-21-12-19(30)20(31)13-23(21)39-29/h5-14,25,34-35H,4H2,1-3H3/b26-24+. The third kappa shape index (κ3) is 4.61. The van der Waals surface area contributed by atoms with Crippen LogP contribution in [0.1, 0.15) is 49.4 Å². The van der Waals surface area contributed by atoms with Crippen LogP contribution in [0.5, 0.6) is 11.5 Å². The fourth-order valence-corrected chi connectivity index (χ4v) is 5.60. The maximum Gasteiger partial charge on any atom is 0.301 e. The smallest absolute Gasteiger partial charge is 0.301 e. The number of fused-ring (bicyclic) bond motifs is 1. The Morgan fingerprint density at radius 3 is 2.44 bits per heavy atom. The van der Waals surface area contributed by atoms with Crippen LogP contribution in [0.4, 0.5) is 13.9 Å². The summed E-state index contributed by atoms with van der Waals surface area (Å²) in [5.41, 5.74) is 1.48. The number of halogens is 2. The van der Waals surface area contributed by atoms with Crippen LogP contribution in [0.2, 0.25) is 0 Å². The maximum atomic E-state index is 13.9. The molecule has 1 aromatic heterocycles. The Morgan fingerprint density at radius 1 is 1.08 bits per heavy atom. The van der Waals surface area contributed by atoms with E-state index in [1.807, 2.05) is 20.8 Å². The third-order valence-electron chi connectivity index (χ3n) is 6.48. The molecule has 10 heteroatoms. The first kappa shape index (κ1) is 26.3. The maximum absolute atomic E-state index is 13.9. The van der Waals surface area contributed by atoms with Gasteiger partial charge in [0.05, 0.1) is 28.4 Å². The SMILES string of the molecule is CCOc1ccc(/C(O)=C2\C(=O)C(=O)N(c3nc4cc(F)c(F)cc4s3)C2c2ccc(O)cc2)cc1C(C)C. The molecular formula is C29H24F2N2O5S. The number of aliphatic hydroxyl groups is 1. The second-order valence-corrected chi connectivity index (χ2v) is 10.3. The molecular weight excluding hydrogens is 526 g/mol. The highest BCUT2D eigenvalue weighted by molar-refractivity contribution is 7.22. The molecule has 0 aliphatic carbocycles. The van der Waals surface area contributed by atoms with E-state index in [0.29, 0.717) is 23.5 Å². The highest BCUT2D eigenvalue weighted by atomic mass is 32.1. The minimum absolute atomic E-state index is 0.0313. The van der Waals surface area contributed by atoms with E-state index in [2.05, 4.69) is 4.98 Å². The van der Waals surface area contributed by atoms with E-state index >= 15 is 0 Å². The number of nitrogens with zero attached hydrogens (tertiary/aromatic N) is 2. The van der Waals surface area contributed by atoms with Crippen LogP contribution >= 0.6 is 11.3 Å². The van der Waals surface area contributed by atoms with Gasteiger partial charge in [-0.25, -0.2) is 13.8 Å². The summed E-state index contributed by atoms with van der Waals surface area (Å²) in [4.78, 5) is 32.3. The first-order valence-corrected chi connectivity index (χ1v) is 13.0. The number of aromatic hydroxyl groups is 1. The minimum Gasteiger partial charge on any atom is -0.508 e. The fourth-order valence-electron chi connectivity index (χ4n) is 4.61. The first-order valence-electron chi connectivity index (χ1n) is 12.2. The number of phenolic OH excluding ortho intramolecular Hbond substituents is 1. The van der Waals surface area contributed by atoms with E-state index in [0.717, 1.165) is 33.9 Å². The molecule has 1 atom stereocenters. The highest BCUT2D eigenvalue weighted by Gasteiger charge is 2.48. The molecule has 0 saturated carbocycles. The Labute approximate surface area is 226 Å². The molecule has 200 valence electrons.